The van der Waals surface area contributed by atoms with Crippen molar-refractivity contribution in [3.8, 4) is 0 Å². The normalized spacial score (nSPS) is 18.5. The van der Waals surface area contributed by atoms with Crippen molar-refractivity contribution in [2.75, 3.05) is 5.75 Å². The van der Waals surface area contributed by atoms with E-state index in [2.05, 4.69) is 20.7 Å². The van der Waals surface area contributed by atoms with E-state index in [4.69, 9.17) is 0 Å². The largest absolute Gasteiger partial charge is 0.344 e. The second kappa shape index (κ2) is 7.56. The predicted octanol–water partition coefficient (Wildman–Crippen LogP) is 2.99. The maximum Gasteiger partial charge on any atom is 0.344 e. The molecule has 3 heterocycles. The van der Waals surface area contributed by atoms with Crippen molar-refractivity contribution < 1.29 is 14.4 Å². The maximum absolute atomic E-state index is 12.8. The summed E-state index contributed by atoms with van der Waals surface area (Å²) in [6.07, 6.45) is 4.09. The summed E-state index contributed by atoms with van der Waals surface area (Å²) in [4.78, 5) is 48.6. The quantitative estimate of drug-likeness (QED) is 0.436. The molecule has 2 aromatic heterocycles. The molecule has 10 heteroatoms. The van der Waals surface area contributed by atoms with Crippen LogP contribution in [0.4, 0.5) is 4.79 Å². The number of carbonyl (C=O) groups is 3. The molecule has 2 aliphatic rings. The summed E-state index contributed by atoms with van der Waals surface area (Å²) in [5.74, 6) is -0.0790. The fourth-order valence-corrected chi connectivity index (χ4v) is 5.99. The number of aromatic nitrogens is 2. The van der Waals surface area contributed by atoms with Gasteiger partial charge in [-0.2, -0.15) is 5.01 Å². The topological polar surface area (TPSA) is 104 Å². The third-order valence-electron chi connectivity index (χ3n) is 5.55. The first-order chi connectivity index (χ1) is 13.8. The summed E-state index contributed by atoms with van der Waals surface area (Å²) in [5.41, 5.74) is 2.74. The van der Waals surface area contributed by atoms with Crippen molar-refractivity contribution >= 4 is 51.2 Å². The SMILES string of the molecule is Cc1nc(SCC(=O)NN2C(=O)NC3(CCCCC3)C2=O)c2c(C)c(C)sc2n1. The Balaban J connectivity index is 1.45. The number of nitrogens with zero attached hydrogens (tertiary/aromatic N) is 3. The number of rotatable bonds is 4. The van der Waals surface area contributed by atoms with E-state index in [0.717, 1.165) is 45.1 Å². The lowest BCUT2D eigenvalue weighted by atomic mass is 9.82. The van der Waals surface area contributed by atoms with Crippen LogP contribution in [0.25, 0.3) is 10.2 Å². The lowest BCUT2D eigenvalue weighted by Gasteiger charge is -2.30. The van der Waals surface area contributed by atoms with Gasteiger partial charge in [-0.15, -0.1) is 11.3 Å². The summed E-state index contributed by atoms with van der Waals surface area (Å²) >= 11 is 2.90. The summed E-state index contributed by atoms with van der Waals surface area (Å²) in [6.45, 7) is 5.88. The van der Waals surface area contributed by atoms with Gasteiger partial charge in [0.25, 0.3) is 5.91 Å². The smallest absolute Gasteiger partial charge is 0.322 e. The van der Waals surface area contributed by atoms with Crippen molar-refractivity contribution in [3.05, 3.63) is 16.3 Å². The highest BCUT2D eigenvalue weighted by atomic mass is 32.2. The van der Waals surface area contributed by atoms with Gasteiger partial charge < -0.3 is 5.32 Å². The number of carbonyl (C=O) groups excluding carboxylic acids is 3. The van der Waals surface area contributed by atoms with Gasteiger partial charge in [0.15, 0.2) is 0 Å². The van der Waals surface area contributed by atoms with Gasteiger partial charge in [0.05, 0.1) is 5.75 Å². The zero-order chi connectivity index (χ0) is 20.8. The van der Waals surface area contributed by atoms with Crippen molar-refractivity contribution in [1.82, 2.24) is 25.7 Å². The number of nitrogens with one attached hydrogen (secondary N) is 2. The van der Waals surface area contributed by atoms with Crippen molar-refractivity contribution in [3.63, 3.8) is 0 Å². The first-order valence-electron chi connectivity index (χ1n) is 9.64. The molecule has 1 saturated carbocycles. The van der Waals surface area contributed by atoms with Gasteiger partial charge in [0.1, 0.15) is 21.2 Å². The summed E-state index contributed by atoms with van der Waals surface area (Å²) < 4.78 is 0. The van der Waals surface area contributed by atoms with Crippen LogP contribution >= 0.6 is 23.1 Å². The van der Waals surface area contributed by atoms with Crippen LogP contribution in [0.5, 0.6) is 0 Å². The molecule has 2 fully saturated rings. The molecule has 0 aromatic carbocycles. The molecule has 1 aliphatic carbocycles. The molecule has 2 N–H and O–H groups in total. The molecule has 29 heavy (non-hydrogen) atoms. The van der Waals surface area contributed by atoms with E-state index in [1.807, 2.05) is 20.8 Å². The Labute approximate surface area is 176 Å². The molecular weight excluding hydrogens is 410 g/mol. The Kier molecular flexibility index (Phi) is 5.24. The molecule has 1 aliphatic heterocycles. The van der Waals surface area contributed by atoms with Crippen molar-refractivity contribution in [2.45, 2.75) is 63.4 Å². The minimum atomic E-state index is -0.850. The molecule has 1 spiro atoms. The maximum atomic E-state index is 12.8. The van der Waals surface area contributed by atoms with Crippen LogP contribution in [0.3, 0.4) is 0 Å². The second-order valence-corrected chi connectivity index (χ2v) is 9.74. The van der Waals surface area contributed by atoms with Crippen LogP contribution in [0.1, 0.15) is 48.4 Å². The Morgan fingerprint density at radius 2 is 1.93 bits per heavy atom. The van der Waals surface area contributed by atoms with E-state index in [1.165, 1.54) is 16.6 Å². The van der Waals surface area contributed by atoms with E-state index >= 15 is 0 Å². The fraction of sp³-hybridized carbons (Fsp3) is 0.526. The number of hydrogen-bond donors (Lipinski definition) is 2. The number of thioether (sulfide) groups is 1. The minimum Gasteiger partial charge on any atom is -0.322 e. The monoisotopic (exact) mass is 433 g/mol. The van der Waals surface area contributed by atoms with E-state index in [1.54, 1.807) is 11.3 Å². The zero-order valence-electron chi connectivity index (χ0n) is 16.6. The number of urea groups is 1. The number of aryl methyl sites for hydroxylation is 3. The Morgan fingerprint density at radius 1 is 1.21 bits per heavy atom. The molecule has 154 valence electrons. The van der Waals surface area contributed by atoms with Gasteiger partial charge in [-0.1, -0.05) is 31.0 Å². The van der Waals surface area contributed by atoms with E-state index < -0.39 is 17.5 Å². The second-order valence-electron chi connectivity index (χ2n) is 7.58. The highest BCUT2D eigenvalue weighted by Gasteiger charge is 2.52. The lowest BCUT2D eigenvalue weighted by Crippen LogP contribution is -2.51. The molecule has 1 saturated heterocycles. The van der Waals surface area contributed by atoms with Crippen LogP contribution in [-0.2, 0) is 9.59 Å². The Bertz CT molecular complexity index is 1010. The first-order valence-corrected chi connectivity index (χ1v) is 11.4. The van der Waals surface area contributed by atoms with Gasteiger partial charge in [-0.3, -0.25) is 15.0 Å². The zero-order valence-corrected chi connectivity index (χ0v) is 18.3. The summed E-state index contributed by atoms with van der Waals surface area (Å²) in [7, 11) is 0. The van der Waals surface area contributed by atoms with Gasteiger partial charge in [-0.25, -0.2) is 14.8 Å². The molecule has 0 atom stereocenters. The number of hydrazine groups is 1. The number of hydrogen-bond acceptors (Lipinski definition) is 7. The van der Waals surface area contributed by atoms with E-state index in [0.29, 0.717) is 18.7 Å². The molecule has 0 radical (unpaired) electrons. The highest BCUT2D eigenvalue weighted by molar-refractivity contribution is 8.00. The van der Waals surface area contributed by atoms with Crippen LogP contribution in [0, 0.1) is 20.8 Å². The molecule has 0 unspecified atom stereocenters. The highest BCUT2D eigenvalue weighted by Crippen LogP contribution is 2.35. The Morgan fingerprint density at radius 3 is 2.66 bits per heavy atom. The minimum absolute atomic E-state index is 0.0456. The third kappa shape index (κ3) is 3.59. The van der Waals surface area contributed by atoms with Gasteiger partial charge in [0.2, 0.25) is 5.91 Å². The van der Waals surface area contributed by atoms with Crippen LogP contribution < -0.4 is 10.7 Å². The Hall–Kier alpha value is -2.20. The average Bonchev–Trinajstić information content (AvgIpc) is 3.08. The lowest BCUT2D eigenvalue weighted by molar-refractivity contribution is -0.139. The van der Waals surface area contributed by atoms with Crippen LogP contribution in [0.15, 0.2) is 5.03 Å². The number of amides is 4. The number of thiophene rings is 1. The fourth-order valence-electron chi connectivity index (χ4n) is 3.93. The molecule has 4 amide bonds. The summed E-state index contributed by atoms with van der Waals surface area (Å²) in [6, 6.07) is -0.556. The third-order valence-corrected chi connectivity index (χ3v) is 7.63. The summed E-state index contributed by atoms with van der Waals surface area (Å²) in [5, 5.41) is 5.34. The molecular formula is C19H23N5O3S2. The number of imide groups is 1. The van der Waals surface area contributed by atoms with Crippen molar-refractivity contribution in [1.29, 1.82) is 0 Å². The number of fused-ring (bicyclic) bond motifs is 1. The molecule has 4 rings (SSSR count). The standard InChI is InChI=1S/C19H23N5O3S2/c1-10-11(2)29-16-14(10)15(20-12(3)21-16)28-9-13(25)23-24-17(26)19(22-18(24)27)7-5-4-6-8-19/h4-9H2,1-3H3,(H,22,27)(H,23,25). The van der Waals surface area contributed by atoms with Crippen LogP contribution in [-0.4, -0.2) is 44.1 Å². The van der Waals surface area contributed by atoms with E-state index in [-0.39, 0.29) is 11.7 Å². The van der Waals surface area contributed by atoms with Gasteiger partial charge in [0, 0.05) is 10.3 Å². The molecule has 2 aromatic rings. The van der Waals surface area contributed by atoms with Crippen LogP contribution in [0.2, 0.25) is 0 Å². The molecule has 8 nitrogen and oxygen atoms in total. The first kappa shape index (κ1) is 20.1. The van der Waals surface area contributed by atoms with Gasteiger partial charge in [-0.05, 0) is 39.2 Å². The molecule has 0 bridgehead atoms. The van der Waals surface area contributed by atoms with Crippen molar-refractivity contribution in [2.24, 2.45) is 0 Å². The van der Waals surface area contributed by atoms with Gasteiger partial charge >= 0.3 is 6.03 Å². The average molecular weight is 434 g/mol. The predicted molar refractivity (Wildman–Crippen MR) is 112 cm³/mol. The van der Waals surface area contributed by atoms with E-state index in [9.17, 15) is 14.4 Å².